The van der Waals surface area contributed by atoms with E-state index in [1.807, 2.05) is 18.4 Å². The van der Waals surface area contributed by atoms with Crippen molar-refractivity contribution in [3.05, 3.63) is 22.4 Å². The van der Waals surface area contributed by atoms with Crippen LogP contribution in [0.2, 0.25) is 0 Å². The number of hydrogen-bond acceptors (Lipinski definition) is 5. The minimum absolute atomic E-state index is 0.311. The molecule has 0 aromatic carbocycles. The van der Waals surface area contributed by atoms with Crippen molar-refractivity contribution in [3.63, 3.8) is 0 Å². The van der Waals surface area contributed by atoms with Crippen LogP contribution in [0.3, 0.4) is 0 Å². The zero-order chi connectivity index (χ0) is 21.5. The number of thiophene rings is 1. The summed E-state index contributed by atoms with van der Waals surface area (Å²) in [6.07, 6.45) is 8.98. The van der Waals surface area contributed by atoms with Gasteiger partial charge in [-0.2, -0.15) is 0 Å². The van der Waals surface area contributed by atoms with Crippen molar-refractivity contribution in [1.82, 2.24) is 15.1 Å². The average Bonchev–Trinajstić information content (AvgIpc) is 3.34. The molecule has 0 spiro atoms. The molecule has 174 valence electrons. The lowest BCUT2D eigenvalue weighted by Gasteiger charge is -2.40. The lowest BCUT2D eigenvalue weighted by molar-refractivity contribution is -0.0721. The van der Waals surface area contributed by atoms with E-state index in [4.69, 9.17) is 9.47 Å². The van der Waals surface area contributed by atoms with Crippen molar-refractivity contribution in [2.45, 2.75) is 63.2 Å². The Morgan fingerprint density at radius 1 is 1.19 bits per heavy atom. The molecule has 6 nitrogen and oxygen atoms in total. The summed E-state index contributed by atoms with van der Waals surface area (Å²) in [6.45, 7) is 5.85. The van der Waals surface area contributed by atoms with Crippen LogP contribution >= 0.6 is 11.3 Å². The topological polar surface area (TPSA) is 49.3 Å². The summed E-state index contributed by atoms with van der Waals surface area (Å²) < 4.78 is 12.0. The molecule has 31 heavy (non-hydrogen) atoms. The highest BCUT2D eigenvalue weighted by Gasteiger charge is 2.32. The van der Waals surface area contributed by atoms with E-state index in [-0.39, 0.29) is 0 Å². The summed E-state index contributed by atoms with van der Waals surface area (Å²) in [5.74, 6) is 1.66. The summed E-state index contributed by atoms with van der Waals surface area (Å²) in [7, 11) is 4.18. The van der Waals surface area contributed by atoms with Gasteiger partial charge in [0.1, 0.15) is 0 Å². The molecule has 3 aliphatic heterocycles. The molecule has 1 aromatic rings. The van der Waals surface area contributed by atoms with Gasteiger partial charge < -0.3 is 19.7 Å². The molecule has 3 fully saturated rings. The van der Waals surface area contributed by atoms with Crippen LogP contribution in [0.15, 0.2) is 22.5 Å². The molecule has 1 aromatic heterocycles. The summed E-state index contributed by atoms with van der Waals surface area (Å²) in [5.41, 5.74) is 0. The molecular weight excluding hydrogens is 408 g/mol. The van der Waals surface area contributed by atoms with Gasteiger partial charge in [-0.15, -0.1) is 11.3 Å². The van der Waals surface area contributed by atoms with Crippen molar-refractivity contribution >= 4 is 17.3 Å². The fourth-order valence-electron chi connectivity index (χ4n) is 5.35. The van der Waals surface area contributed by atoms with Crippen LogP contribution in [-0.2, 0) is 9.47 Å². The second-order valence-corrected chi connectivity index (χ2v) is 10.3. The average molecular weight is 449 g/mol. The third-order valence-electron chi connectivity index (χ3n) is 7.11. The third-order valence-corrected chi connectivity index (χ3v) is 8.05. The Labute approximate surface area is 192 Å². The molecule has 4 heterocycles. The Kier molecular flexibility index (Phi) is 8.64. The highest BCUT2D eigenvalue weighted by molar-refractivity contribution is 7.10. The van der Waals surface area contributed by atoms with Crippen LogP contribution in [0.1, 0.15) is 55.9 Å². The van der Waals surface area contributed by atoms with Crippen molar-refractivity contribution < 1.29 is 9.47 Å². The Morgan fingerprint density at radius 3 is 2.77 bits per heavy atom. The number of hydrogen-bond donors (Lipinski definition) is 1. The van der Waals surface area contributed by atoms with Crippen LogP contribution in [0, 0.1) is 5.92 Å². The van der Waals surface area contributed by atoms with E-state index in [0.29, 0.717) is 24.2 Å². The van der Waals surface area contributed by atoms with Gasteiger partial charge in [0, 0.05) is 44.2 Å². The van der Waals surface area contributed by atoms with E-state index in [1.165, 1.54) is 37.1 Å². The lowest BCUT2D eigenvalue weighted by Crippen LogP contribution is -2.49. The first-order chi connectivity index (χ1) is 15.2. The van der Waals surface area contributed by atoms with Gasteiger partial charge in [-0.05, 0) is 75.9 Å². The molecule has 4 rings (SSSR count). The van der Waals surface area contributed by atoms with Crippen LogP contribution in [0.5, 0.6) is 0 Å². The second kappa shape index (κ2) is 11.6. The van der Waals surface area contributed by atoms with E-state index in [2.05, 4.69) is 44.7 Å². The van der Waals surface area contributed by atoms with E-state index in [0.717, 1.165) is 58.1 Å². The number of nitrogens with zero attached hydrogens (tertiary/aromatic N) is 3. The number of guanidine groups is 1. The zero-order valence-electron chi connectivity index (χ0n) is 19.3. The van der Waals surface area contributed by atoms with E-state index in [1.54, 1.807) is 0 Å². The first kappa shape index (κ1) is 23.0. The Balaban J connectivity index is 1.23. The van der Waals surface area contributed by atoms with Gasteiger partial charge in [-0.3, -0.25) is 9.89 Å². The SMILES string of the molecule is CN=C(NCC1CCCN(C)C1c1cccs1)N1CCC(OCC2CCCCO2)CC1. The molecule has 0 radical (unpaired) electrons. The van der Waals surface area contributed by atoms with Crippen LogP contribution in [0.4, 0.5) is 0 Å². The van der Waals surface area contributed by atoms with Gasteiger partial charge in [0.2, 0.25) is 0 Å². The molecule has 3 aliphatic rings. The minimum Gasteiger partial charge on any atom is -0.376 e. The van der Waals surface area contributed by atoms with Gasteiger partial charge in [-0.25, -0.2) is 0 Å². The highest BCUT2D eigenvalue weighted by Crippen LogP contribution is 2.36. The fraction of sp³-hybridized carbons (Fsp3) is 0.792. The number of ether oxygens (including phenoxy) is 2. The highest BCUT2D eigenvalue weighted by atomic mass is 32.1. The van der Waals surface area contributed by atoms with E-state index < -0.39 is 0 Å². The molecule has 3 unspecified atom stereocenters. The van der Waals surface area contributed by atoms with E-state index in [9.17, 15) is 0 Å². The van der Waals surface area contributed by atoms with Crippen LogP contribution < -0.4 is 5.32 Å². The van der Waals surface area contributed by atoms with Crippen molar-refractivity contribution in [2.24, 2.45) is 10.9 Å². The van der Waals surface area contributed by atoms with Gasteiger partial charge >= 0.3 is 0 Å². The Morgan fingerprint density at radius 2 is 2.06 bits per heavy atom. The predicted molar refractivity (Wildman–Crippen MR) is 128 cm³/mol. The quantitative estimate of drug-likeness (QED) is 0.530. The number of rotatable bonds is 6. The van der Waals surface area contributed by atoms with Crippen LogP contribution in [-0.4, -0.2) is 81.5 Å². The van der Waals surface area contributed by atoms with Crippen molar-refractivity contribution in [1.29, 1.82) is 0 Å². The zero-order valence-corrected chi connectivity index (χ0v) is 20.1. The summed E-state index contributed by atoms with van der Waals surface area (Å²) >= 11 is 1.89. The first-order valence-corrected chi connectivity index (χ1v) is 13.0. The smallest absolute Gasteiger partial charge is 0.193 e. The predicted octanol–water partition coefficient (Wildman–Crippen LogP) is 3.76. The number of nitrogens with one attached hydrogen (secondary N) is 1. The second-order valence-electron chi connectivity index (χ2n) is 9.28. The summed E-state index contributed by atoms with van der Waals surface area (Å²) in [5, 5.41) is 5.92. The van der Waals surface area contributed by atoms with Crippen LogP contribution in [0.25, 0.3) is 0 Å². The molecule has 1 N–H and O–H groups in total. The molecule has 3 saturated heterocycles. The minimum atomic E-state index is 0.311. The van der Waals surface area contributed by atoms with E-state index >= 15 is 0 Å². The molecule has 0 saturated carbocycles. The molecule has 7 heteroatoms. The van der Waals surface area contributed by atoms with Gasteiger partial charge in [0.05, 0.1) is 18.8 Å². The Bertz CT molecular complexity index is 669. The van der Waals surface area contributed by atoms with Crippen molar-refractivity contribution in [2.75, 3.05) is 53.5 Å². The maximum absolute atomic E-state index is 6.19. The summed E-state index contributed by atoms with van der Waals surface area (Å²) in [4.78, 5) is 11.0. The molecule has 3 atom stereocenters. The third kappa shape index (κ3) is 6.21. The molecule has 0 amide bonds. The van der Waals surface area contributed by atoms with Gasteiger partial charge in [-0.1, -0.05) is 6.07 Å². The Hall–Kier alpha value is -1.15. The summed E-state index contributed by atoms with van der Waals surface area (Å²) in [6, 6.07) is 4.99. The van der Waals surface area contributed by atoms with Gasteiger partial charge in [0.15, 0.2) is 5.96 Å². The molecule has 0 bridgehead atoms. The van der Waals surface area contributed by atoms with Crippen molar-refractivity contribution in [3.8, 4) is 0 Å². The molecular formula is C24H40N4O2S. The maximum atomic E-state index is 6.19. The largest absolute Gasteiger partial charge is 0.376 e. The monoisotopic (exact) mass is 448 g/mol. The maximum Gasteiger partial charge on any atom is 0.193 e. The first-order valence-electron chi connectivity index (χ1n) is 12.2. The fourth-order valence-corrected chi connectivity index (χ4v) is 6.34. The number of aliphatic imine (C=N–C) groups is 1. The lowest BCUT2D eigenvalue weighted by atomic mass is 9.88. The standard InChI is InChI=1S/C24H40N4O2S/c1-25-24(26-17-19-7-5-12-27(2)23(19)22-9-6-16-31-22)28-13-10-20(11-14-28)30-18-21-8-3-4-15-29-21/h6,9,16,19-21,23H,3-5,7-8,10-15,17-18H2,1-2H3,(H,25,26). The molecule has 0 aliphatic carbocycles. The number of piperidine rings is 2. The normalized spacial score (nSPS) is 29.3. The van der Waals surface area contributed by atoms with Gasteiger partial charge in [0.25, 0.3) is 0 Å². The number of likely N-dealkylation sites (tertiary alicyclic amines) is 2.